The monoisotopic (exact) mass is 392 g/mol. The number of nitrogens with two attached hydrogens (primary N) is 1. The lowest BCUT2D eigenvalue weighted by molar-refractivity contribution is -0.118. The van der Waals surface area contributed by atoms with Gasteiger partial charge in [0.15, 0.2) is 0 Å². The molecule has 0 unspecified atom stereocenters. The number of primary amides is 1. The molecule has 3 aromatic rings. The predicted octanol–water partition coefficient (Wildman–Crippen LogP) is 1.63. The first-order chi connectivity index (χ1) is 14.1. The third-order valence-corrected chi connectivity index (χ3v) is 5.30. The normalized spacial score (nSPS) is 14.8. The zero-order valence-corrected chi connectivity index (χ0v) is 16.1. The number of piperidine rings is 1. The Labute approximate surface area is 168 Å². The van der Waals surface area contributed by atoms with Gasteiger partial charge in [0, 0.05) is 49.4 Å². The summed E-state index contributed by atoms with van der Waals surface area (Å²) >= 11 is 0. The van der Waals surface area contributed by atoms with Crippen LogP contribution in [0.15, 0.2) is 55.1 Å². The van der Waals surface area contributed by atoms with Crippen LogP contribution < -0.4 is 5.73 Å². The minimum atomic E-state index is -0.383. The molecule has 1 fully saturated rings. The van der Waals surface area contributed by atoms with E-state index < -0.39 is 0 Å². The zero-order valence-electron chi connectivity index (χ0n) is 16.1. The molecule has 4 rings (SSSR count). The van der Waals surface area contributed by atoms with Crippen molar-refractivity contribution in [2.45, 2.75) is 31.8 Å². The van der Waals surface area contributed by atoms with Crippen molar-refractivity contribution < 1.29 is 9.59 Å². The highest BCUT2D eigenvalue weighted by Crippen LogP contribution is 2.27. The number of benzene rings is 1. The fraction of sp³-hybridized carbons (Fsp3) is 0.333. The number of rotatable bonds is 6. The lowest BCUT2D eigenvalue weighted by Gasteiger charge is -2.32. The highest BCUT2D eigenvalue weighted by molar-refractivity contribution is 5.94. The molecule has 0 aliphatic carbocycles. The summed E-state index contributed by atoms with van der Waals surface area (Å²) in [5, 5.41) is 4.22. The Balaban J connectivity index is 1.39. The molecule has 8 nitrogen and oxygen atoms in total. The molecule has 2 aromatic heterocycles. The second-order valence-corrected chi connectivity index (χ2v) is 7.35. The summed E-state index contributed by atoms with van der Waals surface area (Å²) in [5.41, 5.74) is 7.06. The average Bonchev–Trinajstić information content (AvgIpc) is 3.39. The molecule has 3 heterocycles. The summed E-state index contributed by atoms with van der Waals surface area (Å²) in [6, 6.07) is 9.60. The van der Waals surface area contributed by atoms with Gasteiger partial charge in [-0.2, -0.15) is 5.10 Å². The second-order valence-electron chi connectivity index (χ2n) is 7.35. The summed E-state index contributed by atoms with van der Waals surface area (Å²) in [7, 11) is 0. The first-order valence-corrected chi connectivity index (χ1v) is 9.75. The molecule has 0 atom stereocenters. The van der Waals surface area contributed by atoms with E-state index in [9.17, 15) is 9.59 Å². The van der Waals surface area contributed by atoms with E-state index in [2.05, 4.69) is 10.1 Å². The van der Waals surface area contributed by atoms with Crippen molar-refractivity contribution >= 4 is 11.8 Å². The number of likely N-dealkylation sites (tertiary alicyclic amines) is 1. The van der Waals surface area contributed by atoms with Crippen molar-refractivity contribution in [3.8, 4) is 0 Å². The van der Waals surface area contributed by atoms with Gasteiger partial charge in [0.2, 0.25) is 5.91 Å². The van der Waals surface area contributed by atoms with E-state index in [1.54, 1.807) is 18.6 Å². The highest BCUT2D eigenvalue weighted by atomic mass is 16.2. The molecule has 2 amide bonds. The fourth-order valence-corrected chi connectivity index (χ4v) is 3.89. The molecule has 0 spiro atoms. The van der Waals surface area contributed by atoms with Crippen LogP contribution in [-0.4, -0.2) is 49.1 Å². The lowest BCUT2D eigenvalue weighted by Crippen LogP contribution is -2.38. The third kappa shape index (κ3) is 4.37. The molecule has 1 aliphatic rings. The molecule has 8 heteroatoms. The maximum Gasteiger partial charge on any atom is 0.253 e. The topological polar surface area (TPSA) is 99.0 Å². The molecule has 0 bridgehead atoms. The molecule has 1 saturated heterocycles. The van der Waals surface area contributed by atoms with Gasteiger partial charge < -0.3 is 15.2 Å². The number of carbonyl (C=O) groups excluding carboxylic acids is 2. The van der Waals surface area contributed by atoms with Crippen LogP contribution in [0.25, 0.3) is 0 Å². The number of imidazole rings is 1. The molecule has 1 aromatic carbocycles. The van der Waals surface area contributed by atoms with E-state index in [1.807, 2.05) is 50.7 Å². The average molecular weight is 392 g/mol. The zero-order chi connectivity index (χ0) is 20.2. The van der Waals surface area contributed by atoms with Crippen molar-refractivity contribution in [1.29, 1.82) is 0 Å². The number of nitrogens with zero attached hydrogens (tertiary/aromatic N) is 5. The Bertz CT molecular complexity index is 986. The summed E-state index contributed by atoms with van der Waals surface area (Å²) in [6.45, 7) is 2.10. The molecular formula is C21H24N6O2. The molecular weight excluding hydrogens is 368 g/mol. The van der Waals surface area contributed by atoms with E-state index >= 15 is 0 Å². The van der Waals surface area contributed by atoms with Gasteiger partial charge >= 0.3 is 0 Å². The summed E-state index contributed by atoms with van der Waals surface area (Å²) in [6.07, 6.45) is 8.75. The van der Waals surface area contributed by atoms with Gasteiger partial charge in [0.1, 0.15) is 12.4 Å². The van der Waals surface area contributed by atoms with E-state index in [-0.39, 0.29) is 24.3 Å². The summed E-state index contributed by atoms with van der Waals surface area (Å²) < 4.78 is 3.65. The van der Waals surface area contributed by atoms with Gasteiger partial charge in [-0.25, -0.2) is 4.98 Å². The van der Waals surface area contributed by atoms with Crippen LogP contribution in [0.4, 0.5) is 0 Å². The van der Waals surface area contributed by atoms with Crippen LogP contribution in [0, 0.1) is 0 Å². The molecule has 1 aliphatic heterocycles. The lowest BCUT2D eigenvalue weighted by atomic mass is 9.95. The Morgan fingerprint density at radius 1 is 1.10 bits per heavy atom. The van der Waals surface area contributed by atoms with Gasteiger partial charge in [0.05, 0.1) is 6.54 Å². The van der Waals surface area contributed by atoms with Gasteiger partial charge in [0.25, 0.3) is 5.91 Å². The van der Waals surface area contributed by atoms with Crippen LogP contribution in [-0.2, 0) is 17.9 Å². The largest absolute Gasteiger partial charge is 0.368 e. The van der Waals surface area contributed by atoms with Crippen LogP contribution in [0.3, 0.4) is 0 Å². The summed E-state index contributed by atoms with van der Waals surface area (Å²) in [4.78, 5) is 30.5. The predicted molar refractivity (Wildman–Crippen MR) is 107 cm³/mol. The van der Waals surface area contributed by atoms with Crippen LogP contribution in [0.1, 0.15) is 40.5 Å². The SMILES string of the molecule is NC(=O)Cn1ccnc1C1CCN(C(=O)c2cccc(Cn3cccn3)c2)CC1. The maximum atomic E-state index is 13.0. The first kappa shape index (κ1) is 18.9. The van der Waals surface area contributed by atoms with Crippen LogP contribution in [0.2, 0.25) is 0 Å². The second kappa shape index (κ2) is 8.30. The van der Waals surface area contributed by atoms with Gasteiger partial charge in [-0.15, -0.1) is 0 Å². The Morgan fingerprint density at radius 2 is 1.93 bits per heavy atom. The van der Waals surface area contributed by atoms with E-state index in [0.717, 1.165) is 24.2 Å². The number of amides is 2. The van der Waals surface area contributed by atoms with E-state index in [0.29, 0.717) is 25.2 Å². The van der Waals surface area contributed by atoms with E-state index in [1.165, 1.54) is 0 Å². The highest BCUT2D eigenvalue weighted by Gasteiger charge is 2.27. The van der Waals surface area contributed by atoms with Crippen LogP contribution >= 0.6 is 0 Å². The van der Waals surface area contributed by atoms with Crippen LogP contribution in [0.5, 0.6) is 0 Å². The molecule has 150 valence electrons. The number of hydrogen-bond acceptors (Lipinski definition) is 4. The molecule has 29 heavy (non-hydrogen) atoms. The Morgan fingerprint density at radius 3 is 2.66 bits per heavy atom. The smallest absolute Gasteiger partial charge is 0.253 e. The standard InChI is InChI=1S/C21H24N6O2/c22-19(28)15-26-12-8-23-20(26)17-5-10-25(11-6-17)21(29)18-4-1-3-16(13-18)14-27-9-2-7-24-27/h1-4,7-9,12-13,17H,5-6,10-11,14-15H2,(H2,22,28). The van der Waals surface area contributed by atoms with Crippen molar-refractivity contribution in [2.75, 3.05) is 13.1 Å². The Kier molecular flexibility index (Phi) is 5.41. The minimum Gasteiger partial charge on any atom is -0.368 e. The number of aromatic nitrogens is 4. The van der Waals surface area contributed by atoms with Crippen molar-refractivity contribution in [3.05, 3.63) is 72.1 Å². The van der Waals surface area contributed by atoms with Crippen molar-refractivity contribution in [3.63, 3.8) is 0 Å². The molecule has 2 N–H and O–H groups in total. The summed E-state index contributed by atoms with van der Waals surface area (Å²) in [5.74, 6) is 0.759. The van der Waals surface area contributed by atoms with Gasteiger partial charge in [-0.05, 0) is 36.6 Å². The minimum absolute atomic E-state index is 0.0474. The quantitative estimate of drug-likeness (QED) is 0.689. The maximum absolute atomic E-state index is 13.0. The van der Waals surface area contributed by atoms with Gasteiger partial charge in [-0.1, -0.05) is 12.1 Å². The van der Waals surface area contributed by atoms with E-state index in [4.69, 9.17) is 5.73 Å². The molecule has 0 radical (unpaired) electrons. The third-order valence-electron chi connectivity index (χ3n) is 5.30. The number of carbonyl (C=O) groups is 2. The van der Waals surface area contributed by atoms with Crippen molar-refractivity contribution in [1.82, 2.24) is 24.2 Å². The van der Waals surface area contributed by atoms with Crippen molar-refractivity contribution in [2.24, 2.45) is 5.73 Å². The first-order valence-electron chi connectivity index (χ1n) is 9.75. The fourth-order valence-electron chi connectivity index (χ4n) is 3.89. The van der Waals surface area contributed by atoms with Gasteiger partial charge in [-0.3, -0.25) is 14.3 Å². The molecule has 0 saturated carbocycles. The number of hydrogen-bond donors (Lipinski definition) is 1. The Hall–Kier alpha value is -3.42.